The first kappa shape index (κ1) is 31.7. The number of thiazole rings is 1. The number of benzene rings is 3. The summed E-state index contributed by atoms with van der Waals surface area (Å²) in [6.07, 6.45) is 1.72. The van der Waals surface area contributed by atoms with Crippen molar-refractivity contribution in [3.05, 3.63) is 113 Å². The summed E-state index contributed by atoms with van der Waals surface area (Å²) in [5.74, 6) is 0.407. The predicted molar refractivity (Wildman–Crippen MR) is 175 cm³/mol. The molecule has 12 heteroatoms. The van der Waals surface area contributed by atoms with Gasteiger partial charge in [0, 0.05) is 5.69 Å². The Hall–Kier alpha value is -4.68. The minimum Gasteiger partial charge on any atom is -0.497 e. The zero-order valence-electron chi connectivity index (χ0n) is 25.0. The van der Waals surface area contributed by atoms with Crippen molar-refractivity contribution in [1.29, 1.82) is 0 Å². The average Bonchev–Trinajstić information content (AvgIpc) is 3.33. The van der Waals surface area contributed by atoms with Crippen molar-refractivity contribution in [2.75, 3.05) is 32.8 Å². The third-order valence-corrected chi connectivity index (χ3v) is 8.47. The molecular weight excluding hydrogens is 662 g/mol. The Labute approximate surface area is 271 Å². The first-order chi connectivity index (χ1) is 21.7. The molecule has 1 aromatic heterocycles. The molecule has 1 amide bonds. The first-order valence-electron chi connectivity index (χ1n) is 13.9. The summed E-state index contributed by atoms with van der Waals surface area (Å²) in [7, 11) is 3.05. The summed E-state index contributed by atoms with van der Waals surface area (Å²) < 4.78 is 24.0. The van der Waals surface area contributed by atoms with Gasteiger partial charge in [-0.15, -0.1) is 0 Å². The van der Waals surface area contributed by atoms with Crippen LogP contribution in [0.1, 0.15) is 31.0 Å². The topological polar surface area (TPSA) is 117 Å². The molecule has 0 aliphatic carbocycles. The Morgan fingerprint density at radius 3 is 2.56 bits per heavy atom. The molecule has 0 bridgehead atoms. The van der Waals surface area contributed by atoms with E-state index in [1.807, 2.05) is 36.4 Å². The predicted octanol–water partition coefficient (Wildman–Crippen LogP) is 4.60. The number of ether oxygens (including phenoxy) is 4. The molecule has 2 heterocycles. The molecule has 3 aromatic carbocycles. The van der Waals surface area contributed by atoms with Crippen LogP contribution in [0.15, 0.2) is 92.3 Å². The quantitative estimate of drug-likeness (QED) is 0.242. The molecule has 0 radical (unpaired) electrons. The van der Waals surface area contributed by atoms with Gasteiger partial charge in [0.1, 0.15) is 5.75 Å². The number of carbonyl (C=O) groups excluding carboxylic acids is 2. The molecule has 0 fully saturated rings. The number of methoxy groups -OCH3 is 2. The Morgan fingerprint density at radius 1 is 1.07 bits per heavy atom. The van der Waals surface area contributed by atoms with Crippen LogP contribution in [0.4, 0.5) is 5.69 Å². The van der Waals surface area contributed by atoms with Gasteiger partial charge in [-0.05, 0) is 83.4 Å². The zero-order valence-corrected chi connectivity index (χ0v) is 27.4. The smallest absolute Gasteiger partial charge is 0.344 e. The summed E-state index contributed by atoms with van der Waals surface area (Å²) in [6, 6.07) is 19.1. The van der Waals surface area contributed by atoms with E-state index in [1.165, 1.54) is 18.4 Å². The van der Waals surface area contributed by atoms with E-state index >= 15 is 0 Å². The molecule has 1 aliphatic heterocycles. The van der Waals surface area contributed by atoms with Crippen molar-refractivity contribution in [2.24, 2.45) is 4.99 Å². The number of allylic oxidation sites excluding steroid dienone is 1. The number of amides is 1. The number of rotatable bonds is 10. The van der Waals surface area contributed by atoms with E-state index in [-0.39, 0.29) is 24.7 Å². The molecule has 1 aliphatic rings. The van der Waals surface area contributed by atoms with Crippen molar-refractivity contribution in [3.63, 3.8) is 0 Å². The monoisotopic (exact) mass is 691 g/mol. The normalized spacial score (nSPS) is 14.3. The number of nitrogens with one attached hydrogen (secondary N) is 1. The van der Waals surface area contributed by atoms with Gasteiger partial charge in [-0.3, -0.25) is 14.2 Å². The fraction of sp³-hybridized carbons (Fsp3) is 0.212. The highest BCUT2D eigenvalue weighted by Crippen LogP contribution is 2.37. The zero-order chi connectivity index (χ0) is 32.1. The summed E-state index contributed by atoms with van der Waals surface area (Å²) in [4.78, 5) is 44.9. The number of halogens is 1. The van der Waals surface area contributed by atoms with Crippen LogP contribution in [-0.4, -0.2) is 43.9 Å². The van der Waals surface area contributed by atoms with Crippen LogP contribution in [0, 0.1) is 0 Å². The molecule has 0 unspecified atom stereocenters. The Kier molecular flexibility index (Phi) is 9.84. The summed E-state index contributed by atoms with van der Waals surface area (Å²) in [5, 5.41) is 2.95. The van der Waals surface area contributed by atoms with Gasteiger partial charge in [0.2, 0.25) is 0 Å². The van der Waals surface area contributed by atoms with Gasteiger partial charge in [-0.25, -0.2) is 9.79 Å². The van der Waals surface area contributed by atoms with Crippen molar-refractivity contribution in [2.45, 2.75) is 19.9 Å². The number of para-hydroxylation sites is 1. The Bertz CT molecular complexity index is 1970. The minimum absolute atomic E-state index is 0.244. The van der Waals surface area contributed by atoms with Crippen LogP contribution < -0.4 is 34.4 Å². The molecule has 1 N–H and O–H groups in total. The van der Waals surface area contributed by atoms with Gasteiger partial charge >= 0.3 is 5.97 Å². The highest BCUT2D eigenvalue weighted by atomic mass is 79.9. The van der Waals surface area contributed by atoms with Gasteiger partial charge in [0.15, 0.2) is 22.9 Å². The van der Waals surface area contributed by atoms with E-state index in [0.717, 1.165) is 0 Å². The van der Waals surface area contributed by atoms with Gasteiger partial charge in [-0.2, -0.15) is 0 Å². The first-order valence-corrected chi connectivity index (χ1v) is 15.5. The van der Waals surface area contributed by atoms with E-state index < -0.39 is 12.0 Å². The van der Waals surface area contributed by atoms with Crippen LogP contribution in [0.3, 0.4) is 0 Å². The maximum Gasteiger partial charge on any atom is 0.344 e. The number of hydrogen-bond acceptors (Lipinski definition) is 9. The molecule has 5 rings (SSSR count). The highest BCUT2D eigenvalue weighted by Gasteiger charge is 2.33. The maximum atomic E-state index is 14.1. The van der Waals surface area contributed by atoms with Gasteiger partial charge in [0.05, 0.1) is 47.1 Å². The van der Waals surface area contributed by atoms with Crippen molar-refractivity contribution >= 4 is 50.9 Å². The van der Waals surface area contributed by atoms with Gasteiger partial charge < -0.3 is 24.3 Å². The van der Waals surface area contributed by atoms with Crippen LogP contribution in [0.2, 0.25) is 0 Å². The molecule has 0 saturated carbocycles. The molecular formula is C33H30BrN3O7S. The van der Waals surface area contributed by atoms with Crippen LogP contribution in [-0.2, 0) is 14.3 Å². The molecule has 4 aromatic rings. The van der Waals surface area contributed by atoms with Crippen LogP contribution in [0.5, 0.6) is 17.2 Å². The molecule has 0 saturated heterocycles. The fourth-order valence-corrected chi connectivity index (χ4v) is 6.53. The lowest BCUT2D eigenvalue weighted by atomic mass is 9.95. The second-order valence-corrected chi connectivity index (χ2v) is 11.7. The molecule has 10 nitrogen and oxygen atoms in total. The largest absolute Gasteiger partial charge is 0.497 e. The number of fused-ring (bicyclic) bond motifs is 1. The van der Waals surface area contributed by atoms with E-state index in [0.29, 0.717) is 59.1 Å². The molecule has 1 atom stereocenters. The number of aromatic nitrogens is 1. The Balaban J connectivity index is 1.60. The van der Waals surface area contributed by atoms with E-state index in [2.05, 4.69) is 21.2 Å². The third kappa shape index (κ3) is 6.86. The molecule has 0 spiro atoms. The summed E-state index contributed by atoms with van der Waals surface area (Å²) >= 11 is 4.70. The van der Waals surface area contributed by atoms with Crippen molar-refractivity contribution < 1.29 is 28.5 Å². The Morgan fingerprint density at radius 2 is 1.84 bits per heavy atom. The lowest BCUT2D eigenvalue weighted by Gasteiger charge is -2.25. The lowest BCUT2D eigenvalue weighted by molar-refractivity contribution is -0.145. The van der Waals surface area contributed by atoms with Crippen molar-refractivity contribution in [3.8, 4) is 17.2 Å². The average molecular weight is 693 g/mol. The summed E-state index contributed by atoms with van der Waals surface area (Å²) in [6.45, 7) is 3.44. The summed E-state index contributed by atoms with van der Waals surface area (Å²) in [5.41, 5.74) is 2.49. The number of esters is 1. The van der Waals surface area contributed by atoms with Gasteiger partial charge in [0.25, 0.3) is 11.5 Å². The lowest BCUT2D eigenvalue weighted by Crippen LogP contribution is -2.40. The number of nitrogens with zero attached hydrogens (tertiary/aromatic N) is 2. The van der Waals surface area contributed by atoms with Gasteiger partial charge in [-0.1, -0.05) is 41.7 Å². The van der Waals surface area contributed by atoms with Crippen molar-refractivity contribution in [1.82, 2.24) is 4.57 Å². The van der Waals surface area contributed by atoms with E-state index in [9.17, 15) is 14.4 Å². The van der Waals surface area contributed by atoms with Crippen LogP contribution in [0.25, 0.3) is 6.08 Å². The number of anilines is 1. The van der Waals surface area contributed by atoms with E-state index in [4.69, 9.17) is 23.9 Å². The number of carbonyl (C=O) groups is 2. The number of hydrogen-bond donors (Lipinski definition) is 1. The molecule has 45 heavy (non-hydrogen) atoms. The van der Waals surface area contributed by atoms with Crippen LogP contribution >= 0.6 is 27.3 Å². The SMILES string of the molecule is CCOC(=O)COc1c(Br)cc(/C=c2\sc3n(c2=O)[C@@H](c2cccc(OC)c2)C(C(=O)Nc2ccccc2)=C(C)N=3)cc1OC. The van der Waals surface area contributed by atoms with E-state index in [1.54, 1.807) is 61.9 Å². The second-order valence-electron chi connectivity index (χ2n) is 9.81. The molecule has 232 valence electrons. The second kappa shape index (κ2) is 14.0. The standard InChI is InChI=1S/C33H30BrN3O7S/c1-5-43-27(38)18-44-30-24(34)14-20(15-25(30)42-4)16-26-32(40)37-29(21-10-9-13-23(17-21)41-3)28(19(2)35-33(37)45-26)31(39)36-22-11-7-6-8-12-22/h6-17,29H,5,18H2,1-4H3,(H,36,39)/b26-16-/t29-/m0/s1. The highest BCUT2D eigenvalue weighted by molar-refractivity contribution is 9.10. The minimum atomic E-state index is -0.762. The fourth-order valence-electron chi connectivity index (χ4n) is 4.91. The maximum absolute atomic E-state index is 14.1. The third-order valence-electron chi connectivity index (χ3n) is 6.90.